The van der Waals surface area contributed by atoms with Crippen molar-refractivity contribution in [3.05, 3.63) is 34.9 Å². The van der Waals surface area contributed by atoms with Crippen LogP contribution in [0.5, 0.6) is 0 Å². The number of rotatable bonds is 6. The number of ketones is 1. The summed E-state index contributed by atoms with van der Waals surface area (Å²) in [5.74, 6) is 0.853. The number of likely N-dealkylation sites (tertiary alicyclic amines) is 1. The van der Waals surface area contributed by atoms with Gasteiger partial charge in [0.25, 0.3) is 0 Å². The van der Waals surface area contributed by atoms with Gasteiger partial charge < -0.3 is 9.64 Å². The minimum Gasteiger partial charge on any atom is -0.384 e. The molecule has 1 aliphatic rings. The Kier molecular flexibility index (Phi) is 6.02. The molecule has 1 fully saturated rings. The lowest BCUT2D eigenvalue weighted by molar-refractivity contribution is 0.0883. The molecule has 1 saturated heterocycles. The van der Waals surface area contributed by atoms with Crippen molar-refractivity contribution in [1.82, 2.24) is 4.90 Å². The Hall–Kier alpha value is -0.900. The average molecular weight is 296 g/mol. The maximum Gasteiger partial charge on any atom is 0.164 e. The van der Waals surface area contributed by atoms with E-state index in [4.69, 9.17) is 16.3 Å². The molecule has 1 aromatic carbocycles. The number of benzene rings is 1. The molecule has 110 valence electrons. The minimum absolute atomic E-state index is 0.173. The Labute approximate surface area is 125 Å². The van der Waals surface area contributed by atoms with Gasteiger partial charge in [-0.25, -0.2) is 0 Å². The van der Waals surface area contributed by atoms with Gasteiger partial charge in [-0.3, -0.25) is 4.79 Å². The van der Waals surface area contributed by atoms with E-state index in [2.05, 4.69) is 4.90 Å². The molecule has 0 atom stereocenters. The van der Waals surface area contributed by atoms with E-state index in [9.17, 15) is 4.79 Å². The fourth-order valence-corrected chi connectivity index (χ4v) is 2.87. The standard InChI is InChI=1S/C16H22ClNO2/c1-20-12-13-5-8-18(9-6-13)10-7-16(19)14-3-2-4-15(17)11-14/h2-4,11,13H,5-10,12H2,1H3. The first-order chi connectivity index (χ1) is 9.69. The van der Waals surface area contributed by atoms with E-state index in [1.165, 1.54) is 12.8 Å². The van der Waals surface area contributed by atoms with Gasteiger partial charge in [-0.05, 0) is 44.0 Å². The number of ether oxygens (including phenoxy) is 1. The second-order valence-electron chi connectivity index (χ2n) is 5.42. The molecular weight excluding hydrogens is 274 g/mol. The highest BCUT2D eigenvalue weighted by atomic mass is 35.5. The Morgan fingerprint density at radius 2 is 2.15 bits per heavy atom. The molecule has 0 radical (unpaired) electrons. The maximum absolute atomic E-state index is 12.1. The number of hydrogen-bond acceptors (Lipinski definition) is 3. The number of carbonyl (C=O) groups is 1. The van der Waals surface area contributed by atoms with E-state index in [1.807, 2.05) is 12.1 Å². The van der Waals surface area contributed by atoms with E-state index < -0.39 is 0 Å². The number of methoxy groups -OCH3 is 1. The van der Waals surface area contributed by atoms with Crippen LogP contribution >= 0.6 is 11.6 Å². The largest absolute Gasteiger partial charge is 0.384 e. The highest BCUT2D eigenvalue weighted by molar-refractivity contribution is 6.31. The zero-order valence-electron chi connectivity index (χ0n) is 12.0. The first-order valence-corrected chi connectivity index (χ1v) is 7.57. The third-order valence-corrected chi connectivity index (χ3v) is 4.15. The van der Waals surface area contributed by atoms with Crippen LogP contribution < -0.4 is 0 Å². The SMILES string of the molecule is COCC1CCN(CCC(=O)c2cccc(Cl)c2)CC1. The van der Waals surface area contributed by atoms with Crippen LogP contribution in [-0.2, 0) is 4.74 Å². The minimum atomic E-state index is 0.173. The molecule has 0 aliphatic carbocycles. The molecule has 0 aromatic heterocycles. The lowest BCUT2D eigenvalue weighted by Crippen LogP contribution is -2.36. The molecule has 0 bridgehead atoms. The Balaban J connectivity index is 1.74. The summed E-state index contributed by atoms with van der Waals surface area (Å²) in [6.07, 6.45) is 2.90. The van der Waals surface area contributed by atoms with E-state index >= 15 is 0 Å². The predicted octanol–water partition coefficient (Wildman–Crippen LogP) is 3.27. The summed E-state index contributed by atoms with van der Waals surface area (Å²) in [4.78, 5) is 14.5. The normalized spacial score (nSPS) is 17.3. The molecule has 0 N–H and O–H groups in total. The highest BCUT2D eigenvalue weighted by Gasteiger charge is 2.19. The monoisotopic (exact) mass is 295 g/mol. The van der Waals surface area contributed by atoms with Crippen molar-refractivity contribution in [2.75, 3.05) is 33.4 Å². The summed E-state index contributed by atoms with van der Waals surface area (Å²) in [5.41, 5.74) is 0.715. The van der Waals surface area contributed by atoms with Crippen molar-refractivity contribution >= 4 is 17.4 Å². The first kappa shape index (κ1) is 15.5. The number of hydrogen-bond donors (Lipinski definition) is 0. The van der Waals surface area contributed by atoms with Crippen LogP contribution in [0.15, 0.2) is 24.3 Å². The molecule has 0 saturated carbocycles. The van der Waals surface area contributed by atoms with Crippen molar-refractivity contribution in [3.63, 3.8) is 0 Å². The van der Waals surface area contributed by atoms with Gasteiger partial charge in [-0.15, -0.1) is 0 Å². The van der Waals surface area contributed by atoms with Crippen LogP contribution in [0, 0.1) is 5.92 Å². The Morgan fingerprint density at radius 1 is 1.40 bits per heavy atom. The molecule has 1 aliphatic heterocycles. The molecular formula is C16H22ClNO2. The van der Waals surface area contributed by atoms with Crippen LogP contribution in [0.2, 0.25) is 5.02 Å². The van der Waals surface area contributed by atoms with Gasteiger partial charge in [0.2, 0.25) is 0 Å². The van der Waals surface area contributed by atoms with Crippen LogP contribution in [0.3, 0.4) is 0 Å². The maximum atomic E-state index is 12.1. The third kappa shape index (κ3) is 4.58. The second kappa shape index (κ2) is 7.77. The van der Waals surface area contributed by atoms with Gasteiger partial charge in [-0.2, -0.15) is 0 Å². The summed E-state index contributed by atoms with van der Waals surface area (Å²) in [7, 11) is 1.76. The predicted molar refractivity (Wildman–Crippen MR) is 81.4 cm³/mol. The third-order valence-electron chi connectivity index (χ3n) is 3.91. The molecule has 1 heterocycles. The summed E-state index contributed by atoms with van der Waals surface area (Å²) < 4.78 is 5.20. The fraction of sp³-hybridized carbons (Fsp3) is 0.562. The molecule has 20 heavy (non-hydrogen) atoms. The van der Waals surface area contributed by atoms with E-state index in [-0.39, 0.29) is 5.78 Å². The molecule has 0 spiro atoms. The molecule has 4 heteroatoms. The smallest absolute Gasteiger partial charge is 0.164 e. The van der Waals surface area contributed by atoms with Crippen molar-refractivity contribution in [3.8, 4) is 0 Å². The first-order valence-electron chi connectivity index (χ1n) is 7.19. The summed E-state index contributed by atoms with van der Waals surface area (Å²) in [5, 5.41) is 0.622. The van der Waals surface area contributed by atoms with E-state index in [1.54, 1.807) is 19.2 Å². The van der Waals surface area contributed by atoms with Gasteiger partial charge in [0.05, 0.1) is 0 Å². The fourth-order valence-electron chi connectivity index (χ4n) is 2.68. The number of nitrogens with zero attached hydrogens (tertiary/aromatic N) is 1. The molecule has 2 rings (SSSR count). The quantitative estimate of drug-likeness (QED) is 0.754. The Morgan fingerprint density at radius 3 is 2.80 bits per heavy atom. The van der Waals surface area contributed by atoms with Crippen molar-refractivity contribution in [2.45, 2.75) is 19.3 Å². The van der Waals surface area contributed by atoms with E-state index in [0.717, 1.165) is 26.2 Å². The number of Topliss-reactive ketones (excluding diaryl/α,β-unsaturated/α-hetero) is 1. The molecule has 3 nitrogen and oxygen atoms in total. The van der Waals surface area contributed by atoms with Crippen LogP contribution in [0.1, 0.15) is 29.6 Å². The zero-order chi connectivity index (χ0) is 14.4. The topological polar surface area (TPSA) is 29.5 Å². The van der Waals surface area contributed by atoms with Gasteiger partial charge in [0.1, 0.15) is 0 Å². The number of piperidine rings is 1. The van der Waals surface area contributed by atoms with Crippen LogP contribution in [0.25, 0.3) is 0 Å². The van der Waals surface area contributed by atoms with Crippen molar-refractivity contribution in [2.24, 2.45) is 5.92 Å². The lowest BCUT2D eigenvalue weighted by atomic mass is 9.97. The summed E-state index contributed by atoms with van der Waals surface area (Å²) in [6, 6.07) is 7.19. The zero-order valence-corrected chi connectivity index (χ0v) is 12.7. The second-order valence-corrected chi connectivity index (χ2v) is 5.86. The highest BCUT2D eigenvalue weighted by Crippen LogP contribution is 2.18. The molecule has 0 amide bonds. The summed E-state index contributed by atoms with van der Waals surface area (Å²) in [6.45, 7) is 3.83. The molecule has 0 unspecified atom stereocenters. The van der Waals surface area contributed by atoms with Crippen molar-refractivity contribution < 1.29 is 9.53 Å². The number of halogens is 1. The van der Waals surface area contributed by atoms with Gasteiger partial charge in [-0.1, -0.05) is 23.7 Å². The van der Waals surface area contributed by atoms with Crippen molar-refractivity contribution in [1.29, 1.82) is 0 Å². The molecule has 1 aromatic rings. The van der Waals surface area contributed by atoms with Gasteiger partial charge >= 0.3 is 0 Å². The van der Waals surface area contributed by atoms with Crippen LogP contribution in [-0.4, -0.2) is 44.0 Å². The summed E-state index contributed by atoms with van der Waals surface area (Å²) >= 11 is 5.91. The van der Waals surface area contributed by atoms with Gasteiger partial charge in [0.15, 0.2) is 5.78 Å². The van der Waals surface area contributed by atoms with Gasteiger partial charge in [0, 0.05) is 37.3 Å². The van der Waals surface area contributed by atoms with E-state index in [0.29, 0.717) is 22.9 Å². The average Bonchev–Trinajstić information content (AvgIpc) is 2.46. The van der Waals surface area contributed by atoms with Crippen LogP contribution in [0.4, 0.5) is 0 Å². The number of carbonyl (C=O) groups excluding carboxylic acids is 1. The lowest BCUT2D eigenvalue weighted by Gasteiger charge is -2.31. The Bertz CT molecular complexity index is 442.